The van der Waals surface area contributed by atoms with E-state index >= 15 is 0 Å². The van der Waals surface area contributed by atoms with Crippen LogP contribution in [0.4, 0.5) is 0 Å². The Bertz CT molecular complexity index is 403. The third kappa shape index (κ3) is 3.21. The third-order valence-corrected chi connectivity index (χ3v) is 3.02. The number of oxime groups is 1. The summed E-state index contributed by atoms with van der Waals surface area (Å²) in [5.74, 6) is 1.15. The van der Waals surface area contributed by atoms with E-state index in [1.165, 1.54) is 0 Å². The minimum atomic E-state index is 0.306. The third-order valence-electron chi connectivity index (χ3n) is 3.02. The Kier molecular flexibility index (Phi) is 4.55. The molecule has 1 atom stereocenters. The quantitative estimate of drug-likeness (QED) is 0.755. The highest BCUT2D eigenvalue weighted by Gasteiger charge is 2.21. The van der Waals surface area contributed by atoms with E-state index in [2.05, 4.69) is 10.5 Å². The zero-order valence-electron chi connectivity index (χ0n) is 10.6. The Morgan fingerprint density at radius 1 is 1.39 bits per heavy atom. The highest BCUT2D eigenvalue weighted by atomic mass is 16.6. The fourth-order valence-corrected chi connectivity index (χ4v) is 1.87. The van der Waals surface area contributed by atoms with Crippen LogP contribution >= 0.6 is 0 Å². The highest BCUT2D eigenvalue weighted by molar-refractivity contribution is 5.90. The van der Waals surface area contributed by atoms with E-state index in [-0.39, 0.29) is 0 Å². The van der Waals surface area contributed by atoms with E-state index in [9.17, 15) is 0 Å². The van der Waals surface area contributed by atoms with E-state index in [0.717, 1.165) is 30.1 Å². The summed E-state index contributed by atoms with van der Waals surface area (Å²) < 4.78 is 5.09. The molecular formula is C13H19N3O2. The molecule has 0 radical (unpaired) electrons. The lowest BCUT2D eigenvalue weighted by molar-refractivity contribution is 0.129. The van der Waals surface area contributed by atoms with Gasteiger partial charge < -0.3 is 20.6 Å². The molecule has 1 aromatic carbocycles. The van der Waals surface area contributed by atoms with E-state index < -0.39 is 0 Å². The SMILES string of the molecule is COc1ccc(CO/N=C2\CNCC2CN)cc1. The topological polar surface area (TPSA) is 68.9 Å². The van der Waals surface area contributed by atoms with E-state index in [1.807, 2.05) is 24.3 Å². The first-order valence-electron chi connectivity index (χ1n) is 6.06. The predicted octanol–water partition coefficient (Wildman–Crippen LogP) is 0.746. The number of hydrogen-bond acceptors (Lipinski definition) is 5. The zero-order chi connectivity index (χ0) is 12.8. The van der Waals surface area contributed by atoms with Crippen molar-refractivity contribution in [1.82, 2.24) is 5.32 Å². The number of nitrogens with one attached hydrogen (secondary N) is 1. The second-order valence-corrected chi connectivity index (χ2v) is 4.27. The minimum Gasteiger partial charge on any atom is -0.497 e. The van der Waals surface area contributed by atoms with Gasteiger partial charge in [0, 0.05) is 25.6 Å². The highest BCUT2D eigenvalue weighted by Crippen LogP contribution is 2.12. The summed E-state index contributed by atoms with van der Waals surface area (Å²) in [6.07, 6.45) is 0. The van der Waals surface area contributed by atoms with Gasteiger partial charge in [-0.1, -0.05) is 17.3 Å². The molecule has 1 aliphatic rings. The molecule has 1 fully saturated rings. The van der Waals surface area contributed by atoms with E-state index in [1.54, 1.807) is 7.11 Å². The average molecular weight is 249 g/mol. The summed E-state index contributed by atoms with van der Waals surface area (Å²) in [5, 5.41) is 7.39. The molecule has 0 aliphatic carbocycles. The van der Waals surface area contributed by atoms with Crippen molar-refractivity contribution in [2.45, 2.75) is 6.61 Å². The maximum atomic E-state index is 5.65. The van der Waals surface area contributed by atoms with Crippen molar-refractivity contribution >= 4 is 5.71 Å². The normalized spacial score (nSPS) is 21.2. The van der Waals surface area contributed by atoms with Crippen LogP contribution in [0.1, 0.15) is 5.56 Å². The van der Waals surface area contributed by atoms with Gasteiger partial charge in [0.05, 0.1) is 12.8 Å². The molecule has 0 spiro atoms. The van der Waals surface area contributed by atoms with Crippen LogP contribution in [0.15, 0.2) is 29.4 Å². The summed E-state index contributed by atoms with van der Waals surface area (Å²) in [4.78, 5) is 5.36. The van der Waals surface area contributed by atoms with E-state index in [4.69, 9.17) is 15.3 Å². The minimum absolute atomic E-state index is 0.306. The summed E-state index contributed by atoms with van der Waals surface area (Å²) >= 11 is 0. The van der Waals surface area contributed by atoms with Gasteiger partial charge in [-0.25, -0.2) is 0 Å². The standard InChI is InChI=1S/C13H19N3O2/c1-17-12-4-2-10(3-5-12)9-18-16-13-8-15-7-11(13)6-14/h2-5,11,15H,6-9,14H2,1H3/b16-13+. The van der Waals surface area contributed by atoms with Crippen molar-refractivity contribution in [3.63, 3.8) is 0 Å². The fourth-order valence-electron chi connectivity index (χ4n) is 1.87. The number of nitrogens with zero attached hydrogens (tertiary/aromatic N) is 1. The Morgan fingerprint density at radius 2 is 2.17 bits per heavy atom. The molecule has 3 N–H and O–H groups in total. The van der Waals surface area contributed by atoms with Gasteiger partial charge in [-0.15, -0.1) is 0 Å². The molecular weight excluding hydrogens is 230 g/mol. The molecule has 5 nitrogen and oxygen atoms in total. The molecule has 0 bridgehead atoms. The first-order valence-corrected chi connectivity index (χ1v) is 6.06. The molecule has 18 heavy (non-hydrogen) atoms. The lowest BCUT2D eigenvalue weighted by atomic mass is 10.1. The van der Waals surface area contributed by atoms with Crippen LogP contribution in [0, 0.1) is 5.92 Å². The Hall–Kier alpha value is -1.59. The summed E-state index contributed by atoms with van der Waals surface area (Å²) in [6, 6.07) is 7.75. The van der Waals surface area contributed by atoms with Crippen molar-refractivity contribution in [3.8, 4) is 5.75 Å². The molecule has 1 unspecified atom stereocenters. The molecule has 2 rings (SSSR count). The molecule has 1 aliphatic heterocycles. The van der Waals surface area contributed by atoms with Crippen molar-refractivity contribution in [3.05, 3.63) is 29.8 Å². The van der Waals surface area contributed by atoms with Gasteiger partial charge in [0.1, 0.15) is 12.4 Å². The van der Waals surface area contributed by atoms with E-state index in [0.29, 0.717) is 19.1 Å². The number of rotatable bonds is 5. The summed E-state index contributed by atoms with van der Waals surface area (Å²) in [7, 11) is 1.65. The van der Waals surface area contributed by atoms with Crippen molar-refractivity contribution < 1.29 is 9.57 Å². The first kappa shape index (κ1) is 12.9. The number of benzene rings is 1. The largest absolute Gasteiger partial charge is 0.497 e. The van der Waals surface area contributed by atoms with Gasteiger partial charge in [-0.05, 0) is 17.7 Å². The van der Waals surface area contributed by atoms with Crippen molar-refractivity contribution in [1.29, 1.82) is 0 Å². The molecule has 98 valence electrons. The summed E-state index contributed by atoms with van der Waals surface area (Å²) in [6.45, 7) is 2.73. The molecule has 0 amide bonds. The zero-order valence-corrected chi connectivity index (χ0v) is 10.6. The lowest BCUT2D eigenvalue weighted by Gasteiger charge is -2.06. The number of hydrogen-bond donors (Lipinski definition) is 2. The molecule has 1 aromatic rings. The van der Waals surface area contributed by atoms with Crippen LogP contribution < -0.4 is 15.8 Å². The summed E-state index contributed by atoms with van der Waals surface area (Å²) in [5.41, 5.74) is 7.72. The Labute approximate surface area is 107 Å². The van der Waals surface area contributed by atoms with Crippen LogP contribution in [0.25, 0.3) is 0 Å². The van der Waals surface area contributed by atoms with Crippen molar-refractivity contribution in [2.75, 3.05) is 26.7 Å². The first-order chi connectivity index (χ1) is 8.83. The van der Waals surface area contributed by atoms with Gasteiger partial charge in [0.15, 0.2) is 0 Å². The van der Waals surface area contributed by atoms with Crippen LogP contribution in [-0.2, 0) is 11.4 Å². The van der Waals surface area contributed by atoms with Crippen LogP contribution in [0.2, 0.25) is 0 Å². The monoisotopic (exact) mass is 249 g/mol. The maximum absolute atomic E-state index is 5.65. The number of ether oxygens (including phenoxy) is 1. The van der Waals surface area contributed by atoms with Crippen LogP contribution in [0.3, 0.4) is 0 Å². The number of nitrogens with two attached hydrogens (primary N) is 1. The average Bonchev–Trinajstić information content (AvgIpc) is 2.87. The second-order valence-electron chi connectivity index (χ2n) is 4.27. The molecule has 0 saturated carbocycles. The Morgan fingerprint density at radius 3 is 2.83 bits per heavy atom. The molecule has 1 saturated heterocycles. The molecule has 5 heteroatoms. The lowest BCUT2D eigenvalue weighted by Crippen LogP contribution is -2.22. The second kappa shape index (κ2) is 6.37. The van der Waals surface area contributed by atoms with Gasteiger partial charge in [-0.2, -0.15) is 0 Å². The van der Waals surface area contributed by atoms with Crippen molar-refractivity contribution in [2.24, 2.45) is 16.8 Å². The van der Waals surface area contributed by atoms with Gasteiger partial charge in [0.25, 0.3) is 0 Å². The smallest absolute Gasteiger partial charge is 0.142 e. The van der Waals surface area contributed by atoms with Crippen LogP contribution in [0.5, 0.6) is 5.75 Å². The van der Waals surface area contributed by atoms with Gasteiger partial charge in [0.2, 0.25) is 0 Å². The molecule has 1 heterocycles. The number of methoxy groups -OCH3 is 1. The van der Waals surface area contributed by atoms with Gasteiger partial charge >= 0.3 is 0 Å². The molecule has 0 aromatic heterocycles. The predicted molar refractivity (Wildman–Crippen MR) is 70.6 cm³/mol. The maximum Gasteiger partial charge on any atom is 0.142 e. The van der Waals surface area contributed by atoms with Gasteiger partial charge in [-0.3, -0.25) is 0 Å². The van der Waals surface area contributed by atoms with Crippen LogP contribution in [-0.4, -0.2) is 32.5 Å². The fraction of sp³-hybridized carbons (Fsp3) is 0.462. The Balaban J connectivity index is 1.85.